The summed E-state index contributed by atoms with van der Waals surface area (Å²) in [4.78, 5) is 40.4. The first-order valence-electron chi connectivity index (χ1n) is 10.5. The van der Waals surface area contributed by atoms with Crippen LogP contribution < -0.4 is 15.4 Å². The molecule has 2 N–H and O–H groups in total. The van der Waals surface area contributed by atoms with Crippen molar-refractivity contribution in [3.05, 3.63) is 29.3 Å². The van der Waals surface area contributed by atoms with Crippen molar-refractivity contribution in [1.29, 1.82) is 0 Å². The summed E-state index contributed by atoms with van der Waals surface area (Å²) in [6.45, 7) is 4.71. The maximum Gasteiger partial charge on any atom is 0.255 e. The third-order valence-corrected chi connectivity index (χ3v) is 6.54. The zero-order valence-electron chi connectivity index (χ0n) is 16.4. The molecule has 1 atom stereocenters. The molecule has 3 amide bonds. The zero-order valence-corrected chi connectivity index (χ0v) is 16.4. The molecule has 154 valence electrons. The first-order valence-corrected chi connectivity index (χ1v) is 10.5. The van der Waals surface area contributed by atoms with Crippen LogP contribution in [0.3, 0.4) is 0 Å². The van der Waals surface area contributed by atoms with Gasteiger partial charge in [0.1, 0.15) is 17.9 Å². The smallest absolute Gasteiger partial charge is 0.255 e. The molecule has 8 heteroatoms. The van der Waals surface area contributed by atoms with E-state index in [1.807, 2.05) is 12.1 Å². The second kappa shape index (κ2) is 7.42. The number of carbonyl (C=O) groups is 3. The van der Waals surface area contributed by atoms with Crippen molar-refractivity contribution in [2.75, 3.05) is 26.2 Å². The monoisotopic (exact) mass is 398 g/mol. The van der Waals surface area contributed by atoms with Crippen LogP contribution in [0.2, 0.25) is 0 Å². The molecule has 4 aliphatic rings. The zero-order chi connectivity index (χ0) is 20.0. The number of nitrogens with one attached hydrogen (secondary N) is 2. The van der Waals surface area contributed by atoms with Crippen LogP contribution in [0.1, 0.15) is 41.6 Å². The van der Waals surface area contributed by atoms with E-state index < -0.39 is 6.04 Å². The third kappa shape index (κ3) is 3.51. The molecule has 0 spiro atoms. The number of rotatable bonds is 4. The summed E-state index contributed by atoms with van der Waals surface area (Å²) in [6.07, 6.45) is 2.94. The molecule has 3 aliphatic heterocycles. The van der Waals surface area contributed by atoms with E-state index in [-0.39, 0.29) is 30.2 Å². The van der Waals surface area contributed by atoms with Crippen LogP contribution in [0.25, 0.3) is 0 Å². The summed E-state index contributed by atoms with van der Waals surface area (Å²) in [7, 11) is 0. The quantitative estimate of drug-likeness (QED) is 0.708. The Balaban J connectivity index is 1.20. The number of piperazine rings is 1. The lowest BCUT2D eigenvalue weighted by atomic mass is 9.87. The third-order valence-electron chi connectivity index (χ3n) is 6.54. The fraction of sp³-hybridized carbons (Fsp3) is 0.571. The van der Waals surface area contributed by atoms with Gasteiger partial charge in [0, 0.05) is 63.6 Å². The summed E-state index contributed by atoms with van der Waals surface area (Å²) in [5.74, 6) is -0.0214. The average molecular weight is 398 g/mol. The van der Waals surface area contributed by atoms with E-state index in [9.17, 15) is 14.4 Å². The Labute approximate surface area is 169 Å². The van der Waals surface area contributed by atoms with Crippen molar-refractivity contribution in [2.45, 2.75) is 50.4 Å². The average Bonchev–Trinajstić information content (AvgIpc) is 3.01. The molecule has 3 fully saturated rings. The van der Waals surface area contributed by atoms with Crippen LogP contribution in [0.15, 0.2) is 18.2 Å². The van der Waals surface area contributed by atoms with Crippen LogP contribution in [0.4, 0.5) is 0 Å². The van der Waals surface area contributed by atoms with Gasteiger partial charge >= 0.3 is 0 Å². The number of ether oxygens (including phenoxy) is 1. The number of amides is 3. The van der Waals surface area contributed by atoms with Crippen LogP contribution in [-0.4, -0.2) is 71.9 Å². The minimum Gasteiger partial charge on any atom is -0.490 e. The molecule has 0 bridgehead atoms. The summed E-state index contributed by atoms with van der Waals surface area (Å²) in [5.41, 5.74) is 1.50. The molecular formula is C21H26N4O4. The highest BCUT2D eigenvalue weighted by atomic mass is 16.5. The molecule has 29 heavy (non-hydrogen) atoms. The van der Waals surface area contributed by atoms with Crippen molar-refractivity contribution in [2.24, 2.45) is 0 Å². The van der Waals surface area contributed by atoms with E-state index in [4.69, 9.17) is 4.74 Å². The molecule has 5 rings (SSSR count). The lowest BCUT2D eigenvalue weighted by Gasteiger charge is -2.44. The number of benzene rings is 1. The molecule has 2 saturated heterocycles. The fourth-order valence-corrected chi connectivity index (χ4v) is 4.80. The number of hydrogen-bond donors (Lipinski definition) is 2. The SMILES string of the molecule is O=C1CCC(N2Cc3cc(O[C@H]4C[C@@H](N5CCNCC5)C4)ccc3C2=O)C(=O)N1. The summed E-state index contributed by atoms with van der Waals surface area (Å²) in [6, 6.07) is 5.61. The maximum atomic E-state index is 12.8. The molecule has 0 aromatic heterocycles. The standard InChI is InChI=1S/C21H26N4O4/c26-19-4-3-18(20(27)23-19)25-12-13-9-15(1-2-17(13)21(25)28)29-16-10-14(11-16)24-7-5-22-6-8-24/h1-2,9,14,16,18,22H,3-8,10-12H2,(H,23,26,27)/t14-,16+,18?. The fourth-order valence-electron chi connectivity index (χ4n) is 4.80. The van der Waals surface area contributed by atoms with Gasteiger partial charge < -0.3 is 15.0 Å². The van der Waals surface area contributed by atoms with Gasteiger partial charge in [-0.15, -0.1) is 0 Å². The second-order valence-corrected chi connectivity index (χ2v) is 8.37. The van der Waals surface area contributed by atoms with Crippen molar-refractivity contribution >= 4 is 17.7 Å². The highest BCUT2D eigenvalue weighted by Gasteiger charge is 2.40. The van der Waals surface area contributed by atoms with Gasteiger partial charge in [-0.3, -0.25) is 24.6 Å². The largest absolute Gasteiger partial charge is 0.490 e. The van der Waals surface area contributed by atoms with Crippen molar-refractivity contribution in [1.82, 2.24) is 20.4 Å². The van der Waals surface area contributed by atoms with Gasteiger partial charge in [0.05, 0.1) is 0 Å². The maximum absolute atomic E-state index is 12.8. The van der Waals surface area contributed by atoms with Gasteiger partial charge in [0.15, 0.2) is 0 Å². The minimum absolute atomic E-state index is 0.150. The molecule has 0 radical (unpaired) electrons. The summed E-state index contributed by atoms with van der Waals surface area (Å²) >= 11 is 0. The van der Waals surface area contributed by atoms with E-state index in [0.717, 1.165) is 50.3 Å². The summed E-state index contributed by atoms with van der Waals surface area (Å²) in [5, 5.41) is 5.72. The molecule has 1 aromatic carbocycles. The van der Waals surface area contributed by atoms with Gasteiger partial charge in [0.25, 0.3) is 5.91 Å². The minimum atomic E-state index is -0.580. The Morgan fingerprint density at radius 1 is 1.07 bits per heavy atom. The molecular weight excluding hydrogens is 372 g/mol. The van der Waals surface area contributed by atoms with Crippen LogP contribution >= 0.6 is 0 Å². The number of carbonyl (C=O) groups excluding carboxylic acids is 3. The first kappa shape index (κ1) is 18.6. The number of hydrogen-bond acceptors (Lipinski definition) is 6. The normalized spacial score (nSPS) is 30.0. The number of imide groups is 1. The topological polar surface area (TPSA) is 91.0 Å². The molecule has 3 heterocycles. The highest BCUT2D eigenvalue weighted by molar-refractivity contribution is 6.05. The van der Waals surface area contributed by atoms with Gasteiger partial charge in [-0.1, -0.05) is 0 Å². The lowest BCUT2D eigenvalue weighted by molar-refractivity contribution is -0.136. The molecule has 1 saturated carbocycles. The summed E-state index contributed by atoms with van der Waals surface area (Å²) < 4.78 is 6.15. The Bertz CT molecular complexity index is 845. The number of piperidine rings is 1. The van der Waals surface area contributed by atoms with E-state index in [1.54, 1.807) is 11.0 Å². The number of fused-ring (bicyclic) bond motifs is 1. The van der Waals surface area contributed by atoms with Crippen molar-refractivity contribution in [3.63, 3.8) is 0 Å². The van der Waals surface area contributed by atoms with Crippen LogP contribution in [0, 0.1) is 0 Å². The van der Waals surface area contributed by atoms with Crippen molar-refractivity contribution < 1.29 is 19.1 Å². The Morgan fingerprint density at radius 2 is 1.86 bits per heavy atom. The van der Waals surface area contributed by atoms with E-state index >= 15 is 0 Å². The number of nitrogens with zero attached hydrogens (tertiary/aromatic N) is 2. The Morgan fingerprint density at radius 3 is 2.62 bits per heavy atom. The van der Waals surface area contributed by atoms with Crippen LogP contribution in [-0.2, 0) is 16.1 Å². The van der Waals surface area contributed by atoms with Gasteiger partial charge in [-0.05, 0) is 30.2 Å². The molecule has 8 nitrogen and oxygen atoms in total. The van der Waals surface area contributed by atoms with E-state index in [2.05, 4.69) is 15.5 Å². The second-order valence-electron chi connectivity index (χ2n) is 8.37. The molecule has 1 aliphatic carbocycles. The predicted octanol–water partition coefficient (Wildman–Crippen LogP) is 0.263. The Kier molecular flexibility index (Phi) is 4.75. The molecule has 1 unspecified atom stereocenters. The van der Waals surface area contributed by atoms with E-state index in [1.165, 1.54) is 0 Å². The van der Waals surface area contributed by atoms with Gasteiger partial charge in [0.2, 0.25) is 11.8 Å². The first-order chi connectivity index (χ1) is 14.1. The Hall–Kier alpha value is -2.45. The highest BCUT2D eigenvalue weighted by Crippen LogP contribution is 2.33. The van der Waals surface area contributed by atoms with Gasteiger partial charge in [-0.2, -0.15) is 0 Å². The van der Waals surface area contributed by atoms with Crippen molar-refractivity contribution in [3.8, 4) is 5.75 Å². The lowest BCUT2D eigenvalue weighted by Crippen LogP contribution is -2.55. The van der Waals surface area contributed by atoms with Gasteiger partial charge in [-0.25, -0.2) is 0 Å². The van der Waals surface area contributed by atoms with E-state index in [0.29, 0.717) is 24.6 Å². The predicted molar refractivity (Wildman–Crippen MR) is 104 cm³/mol. The van der Waals surface area contributed by atoms with Crippen LogP contribution in [0.5, 0.6) is 5.75 Å². The molecule has 1 aromatic rings.